The number of para-hydroxylation sites is 1. The van der Waals surface area contributed by atoms with Crippen molar-refractivity contribution in [2.24, 2.45) is 5.73 Å². The second-order valence-electron chi connectivity index (χ2n) is 3.97. The summed E-state index contributed by atoms with van der Waals surface area (Å²) in [5.41, 5.74) is 9.45. The zero-order chi connectivity index (χ0) is 11.0. The summed E-state index contributed by atoms with van der Waals surface area (Å²) in [6.45, 7) is 0.754. The Morgan fingerprint density at radius 1 is 1.25 bits per heavy atom. The predicted octanol–water partition coefficient (Wildman–Crippen LogP) is 2.26. The van der Waals surface area contributed by atoms with Crippen LogP contribution in [0.5, 0.6) is 5.75 Å². The molecule has 2 N–H and O–H groups in total. The van der Waals surface area contributed by atoms with Gasteiger partial charge in [-0.3, -0.25) is 0 Å². The van der Waals surface area contributed by atoms with E-state index in [1.807, 2.05) is 18.2 Å². The number of ether oxygens (including phenoxy) is 1. The van der Waals surface area contributed by atoms with Crippen molar-refractivity contribution in [1.82, 2.24) is 0 Å². The Balaban J connectivity index is 2.04. The van der Waals surface area contributed by atoms with E-state index in [0.717, 1.165) is 29.9 Å². The summed E-state index contributed by atoms with van der Waals surface area (Å²) in [6, 6.07) is 7.85. The smallest absolute Gasteiger partial charge is 0.127 e. The van der Waals surface area contributed by atoms with Crippen molar-refractivity contribution in [3.63, 3.8) is 0 Å². The van der Waals surface area contributed by atoms with Crippen LogP contribution in [0, 0.1) is 0 Å². The van der Waals surface area contributed by atoms with E-state index in [1.165, 1.54) is 5.56 Å². The minimum Gasteiger partial charge on any atom is -0.493 e. The Bertz CT molecular complexity index is 491. The normalized spacial score (nSPS) is 15.6. The largest absolute Gasteiger partial charge is 0.493 e. The lowest BCUT2D eigenvalue weighted by Gasteiger charge is -2.13. The maximum atomic E-state index is 6.19. The molecule has 0 amide bonds. The maximum absolute atomic E-state index is 6.19. The predicted molar refractivity (Wildman–Crippen MR) is 60.4 cm³/mol. The van der Waals surface area contributed by atoms with Crippen LogP contribution in [0.15, 0.2) is 41.2 Å². The molecule has 3 nitrogen and oxygen atoms in total. The number of hydrogen-bond acceptors (Lipinski definition) is 3. The van der Waals surface area contributed by atoms with Gasteiger partial charge in [0.2, 0.25) is 0 Å². The minimum absolute atomic E-state index is 0.174. The van der Waals surface area contributed by atoms with E-state index in [9.17, 15) is 0 Å². The molecular weight excluding hydrogens is 202 g/mol. The van der Waals surface area contributed by atoms with E-state index in [-0.39, 0.29) is 6.04 Å². The first-order valence-electron chi connectivity index (χ1n) is 5.38. The van der Waals surface area contributed by atoms with Crippen LogP contribution in [-0.4, -0.2) is 6.61 Å². The van der Waals surface area contributed by atoms with Gasteiger partial charge in [0.25, 0.3) is 0 Å². The van der Waals surface area contributed by atoms with Gasteiger partial charge in [-0.1, -0.05) is 18.2 Å². The summed E-state index contributed by atoms with van der Waals surface area (Å²) in [5, 5.41) is 0. The molecule has 2 aromatic rings. The lowest BCUT2D eigenvalue weighted by Crippen LogP contribution is -2.12. The van der Waals surface area contributed by atoms with Gasteiger partial charge in [0.05, 0.1) is 25.2 Å². The van der Waals surface area contributed by atoms with E-state index < -0.39 is 0 Å². The number of hydrogen-bond donors (Lipinski definition) is 1. The summed E-state index contributed by atoms with van der Waals surface area (Å²) in [6.07, 6.45) is 4.29. The zero-order valence-electron chi connectivity index (χ0n) is 8.85. The molecule has 1 aromatic heterocycles. The fourth-order valence-electron chi connectivity index (χ4n) is 2.12. The Morgan fingerprint density at radius 3 is 3.00 bits per heavy atom. The van der Waals surface area contributed by atoms with Crippen molar-refractivity contribution in [3.8, 4) is 5.75 Å². The van der Waals surface area contributed by atoms with Crippen LogP contribution in [-0.2, 0) is 6.42 Å². The SMILES string of the molecule is NC(c1ccoc1)c1cccc2c1OCC2. The first-order valence-corrected chi connectivity index (χ1v) is 5.38. The van der Waals surface area contributed by atoms with Crippen LogP contribution in [0.1, 0.15) is 22.7 Å². The highest BCUT2D eigenvalue weighted by molar-refractivity contribution is 5.48. The van der Waals surface area contributed by atoms with Gasteiger partial charge in [-0.2, -0.15) is 0 Å². The quantitative estimate of drug-likeness (QED) is 0.835. The van der Waals surface area contributed by atoms with Gasteiger partial charge in [0.15, 0.2) is 0 Å². The maximum Gasteiger partial charge on any atom is 0.127 e. The van der Waals surface area contributed by atoms with Crippen LogP contribution < -0.4 is 10.5 Å². The molecule has 0 bridgehead atoms. The monoisotopic (exact) mass is 215 g/mol. The van der Waals surface area contributed by atoms with Gasteiger partial charge in [-0.25, -0.2) is 0 Å². The van der Waals surface area contributed by atoms with Gasteiger partial charge in [-0.05, 0) is 11.6 Å². The molecule has 1 unspecified atom stereocenters. The number of nitrogens with two attached hydrogens (primary N) is 1. The molecular formula is C13H13NO2. The third kappa shape index (κ3) is 1.41. The molecule has 82 valence electrons. The lowest BCUT2D eigenvalue weighted by atomic mass is 9.98. The van der Waals surface area contributed by atoms with Crippen LogP contribution in [0.2, 0.25) is 0 Å². The van der Waals surface area contributed by atoms with Gasteiger partial charge in [0, 0.05) is 17.5 Å². The Labute approximate surface area is 93.8 Å². The average Bonchev–Trinajstić information content (AvgIpc) is 2.98. The van der Waals surface area contributed by atoms with Crippen LogP contribution >= 0.6 is 0 Å². The fourth-order valence-corrected chi connectivity index (χ4v) is 2.12. The van der Waals surface area contributed by atoms with E-state index >= 15 is 0 Å². The number of fused-ring (bicyclic) bond motifs is 1. The Morgan fingerprint density at radius 2 is 2.19 bits per heavy atom. The number of benzene rings is 1. The zero-order valence-corrected chi connectivity index (χ0v) is 8.85. The van der Waals surface area contributed by atoms with Gasteiger partial charge in [0.1, 0.15) is 5.75 Å². The Kier molecular flexibility index (Phi) is 2.18. The molecule has 0 fully saturated rings. The molecule has 3 heteroatoms. The minimum atomic E-state index is -0.174. The molecule has 1 atom stereocenters. The molecule has 2 heterocycles. The molecule has 0 radical (unpaired) electrons. The summed E-state index contributed by atoms with van der Waals surface area (Å²) in [7, 11) is 0. The van der Waals surface area contributed by atoms with Crippen molar-refractivity contribution in [3.05, 3.63) is 53.5 Å². The number of furan rings is 1. The summed E-state index contributed by atoms with van der Waals surface area (Å²) in [4.78, 5) is 0. The highest BCUT2D eigenvalue weighted by Gasteiger charge is 2.21. The highest BCUT2D eigenvalue weighted by atomic mass is 16.5. The molecule has 0 saturated heterocycles. The second kappa shape index (κ2) is 3.68. The van der Waals surface area contributed by atoms with Crippen molar-refractivity contribution >= 4 is 0 Å². The van der Waals surface area contributed by atoms with Crippen molar-refractivity contribution < 1.29 is 9.15 Å². The molecule has 1 aliphatic heterocycles. The van der Waals surface area contributed by atoms with Gasteiger partial charge >= 0.3 is 0 Å². The van der Waals surface area contributed by atoms with E-state index in [2.05, 4.69) is 6.07 Å². The van der Waals surface area contributed by atoms with Gasteiger partial charge < -0.3 is 14.9 Å². The summed E-state index contributed by atoms with van der Waals surface area (Å²) >= 11 is 0. The third-order valence-electron chi connectivity index (χ3n) is 2.98. The van der Waals surface area contributed by atoms with Crippen LogP contribution in [0.25, 0.3) is 0 Å². The standard InChI is InChI=1S/C13H13NO2/c14-12(10-4-6-15-8-10)11-3-1-2-9-5-7-16-13(9)11/h1-4,6,8,12H,5,7,14H2. The topological polar surface area (TPSA) is 48.4 Å². The summed E-state index contributed by atoms with van der Waals surface area (Å²) in [5.74, 6) is 0.955. The average molecular weight is 215 g/mol. The van der Waals surface area contributed by atoms with Crippen molar-refractivity contribution in [1.29, 1.82) is 0 Å². The van der Waals surface area contributed by atoms with Gasteiger partial charge in [-0.15, -0.1) is 0 Å². The third-order valence-corrected chi connectivity index (χ3v) is 2.98. The molecule has 1 aliphatic rings. The van der Waals surface area contributed by atoms with Crippen molar-refractivity contribution in [2.45, 2.75) is 12.5 Å². The van der Waals surface area contributed by atoms with E-state index in [4.69, 9.17) is 14.9 Å². The Hall–Kier alpha value is -1.74. The molecule has 1 aromatic carbocycles. The highest BCUT2D eigenvalue weighted by Crippen LogP contribution is 2.34. The summed E-state index contributed by atoms with van der Waals surface area (Å²) < 4.78 is 10.7. The van der Waals surface area contributed by atoms with E-state index in [1.54, 1.807) is 12.5 Å². The van der Waals surface area contributed by atoms with Crippen molar-refractivity contribution in [2.75, 3.05) is 6.61 Å². The molecule has 0 spiro atoms. The first-order chi connectivity index (χ1) is 7.86. The molecule has 0 aliphatic carbocycles. The lowest BCUT2D eigenvalue weighted by molar-refractivity contribution is 0.352. The molecule has 0 saturated carbocycles. The fraction of sp³-hybridized carbons (Fsp3) is 0.231. The van der Waals surface area contributed by atoms with Crippen LogP contribution in [0.3, 0.4) is 0 Å². The van der Waals surface area contributed by atoms with Crippen LogP contribution in [0.4, 0.5) is 0 Å². The molecule has 3 rings (SSSR count). The number of rotatable bonds is 2. The molecule has 16 heavy (non-hydrogen) atoms. The second-order valence-corrected chi connectivity index (χ2v) is 3.97. The first kappa shape index (κ1) is 9.48. The van der Waals surface area contributed by atoms with E-state index in [0.29, 0.717) is 0 Å².